The SMILES string of the molecule is CCNc1ncnc(N(C)CCc2ccccn2)c1Br. The lowest BCUT2D eigenvalue weighted by molar-refractivity contribution is 0.833. The van der Waals surface area contributed by atoms with Crippen molar-refractivity contribution in [3.63, 3.8) is 0 Å². The fraction of sp³-hybridized carbons (Fsp3) is 0.357. The Kier molecular flexibility index (Phi) is 5.29. The Morgan fingerprint density at radius 2 is 2.10 bits per heavy atom. The summed E-state index contributed by atoms with van der Waals surface area (Å²) >= 11 is 3.56. The zero-order valence-corrected chi connectivity index (χ0v) is 13.3. The molecule has 0 spiro atoms. The van der Waals surface area contributed by atoms with Gasteiger partial charge in [-0.25, -0.2) is 9.97 Å². The molecule has 2 rings (SSSR count). The highest BCUT2D eigenvalue weighted by Crippen LogP contribution is 2.28. The Morgan fingerprint density at radius 3 is 2.80 bits per heavy atom. The molecule has 0 aliphatic rings. The van der Waals surface area contributed by atoms with E-state index >= 15 is 0 Å². The standard InChI is InChI=1S/C14H18BrN5/c1-3-16-13-12(15)14(19-10-18-13)20(2)9-7-11-6-4-5-8-17-11/h4-6,8,10H,3,7,9H2,1-2H3,(H,16,18,19). The zero-order chi connectivity index (χ0) is 14.4. The van der Waals surface area contributed by atoms with E-state index in [9.17, 15) is 0 Å². The molecule has 0 fully saturated rings. The lowest BCUT2D eigenvalue weighted by Crippen LogP contribution is -2.22. The number of likely N-dealkylation sites (N-methyl/N-ethyl adjacent to an activating group) is 1. The molecule has 106 valence electrons. The molecule has 0 atom stereocenters. The quantitative estimate of drug-likeness (QED) is 0.879. The highest BCUT2D eigenvalue weighted by atomic mass is 79.9. The molecule has 0 radical (unpaired) electrons. The van der Waals surface area contributed by atoms with E-state index in [1.54, 1.807) is 6.33 Å². The molecule has 6 heteroatoms. The monoisotopic (exact) mass is 335 g/mol. The summed E-state index contributed by atoms with van der Waals surface area (Å²) in [6, 6.07) is 5.97. The second kappa shape index (κ2) is 7.19. The maximum absolute atomic E-state index is 4.34. The van der Waals surface area contributed by atoms with Crippen LogP contribution in [0.25, 0.3) is 0 Å². The highest BCUT2D eigenvalue weighted by Gasteiger charge is 2.12. The van der Waals surface area contributed by atoms with Crippen LogP contribution in [0.3, 0.4) is 0 Å². The van der Waals surface area contributed by atoms with E-state index in [4.69, 9.17) is 0 Å². The van der Waals surface area contributed by atoms with Crippen LogP contribution in [0.15, 0.2) is 35.2 Å². The first-order valence-electron chi connectivity index (χ1n) is 6.57. The normalized spacial score (nSPS) is 10.3. The molecule has 2 heterocycles. The molecule has 2 aromatic rings. The van der Waals surface area contributed by atoms with Gasteiger partial charge in [0.05, 0.1) is 0 Å². The van der Waals surface area contributed by atoms with Gasteiger partial charge < -0.3 is 10.2 Å². The number of pyridine rings is 1. The van der Waals surface area contributed by atoms with Crippen LogP contribution in [-0.2, 0) is 6.42 Å². The minimum atomic E-state index is 0.821. The Balaban J connectivity index is 2.05. The number of anilines is 2. The molecule has 0 aliphatic heterocycles. The highest BCUT2D eigenvalue weighted by molar-refractivity contribution is 9.10. The predicted molar refractivity (Wildman–Crippen MR) is 85.1 cm³/mol. The average Bonchev–Trinajstić information content (AvgIpc) is 2.48. The molecule has 0 amide bonds. The number of nitrogens with one attached hydrogen (secondary N) is 1. The van der Waals surface area contributed by atoms with Crippen LogP contribution < -0.4 is 10.2 Å². The van der Waals surface area contributed by atoms with Gasteiger partial charge in [0.25, 0.3) is 0 Å². The fourth-order valence-electron chi connectivity index (χ4n) is 1.85. The molecule has 0 unspecified atom stereocenters. The van der Waals surface area contributed by atoms with Crippen molar-refractivity contribution in [2.45, 2.75) is 13.3 Å². The lowest BCUT2D eigenvalue weighted by Gasteiger charge is -2.20. The summed E-state index contributed by atoms with van der Waals surface area (Å²) in [6.07, 6.45) is 4.28. The van der Waals surface area contributed by atoms with E-state index < -0.39 is 0 Å². The van der Waals surface area contributed by atoms with E-state index in [0.29, 0.717) is 0 Å². The van der Waals surface area contributed by atoms with Crippen molar-refractivity contribution in [3.8, 4) is 0 Å². The van der Waals surface area contributed by atoms with Gasteiger partial charge in [0, 0.05) is 38.4 Å². The minimum Gasteiger partial charge on any atom is -0.369 e. The maximum atomic E-state index is 4.34. The average molecular weight is 336 g/mol. The van der Waals surface area contributed by atoms with Gasteiger partial charge in [-0.05, 0) is 35.0 Å². The first-order valence-corrected chi connectivity index (χ1v) is 7.37. The van der Waals surface area contributed by atoms with Crippen molar-refractivity contribution in [2.24, 2.45) is 0 Å². The molecule has 0 saturated carbocycles. The molecular weight excluding hydrogens is 318 g/mol. The van der Waals surface area contributed by atoms with Gasteiger partial charge in [0.15, 0.2) is 0 Å². The molecule has 5 nitrogen and oxygen atoms in total. The van der Waals surface area contributed by atoms with Crippen molar-refractivity contribution < 1.29 is 0 Å². The summed E-state index contributed by atoms with van der Waals surface area (Å²) in [7, 11) is 2.02. The van der Waals surface area contributed by atoms with Gasteiger partial charge >= 0.3 is 0 Å². The predicted octanol–water partition coefficient (Wildman–Crippen LogP) is 2.74. The maximum Gasteiger partial charge on any atom is 0.148 e. The van der Waals surface area contributed by atoms with Crippen LogP contribution in [0.5, 0.6) is 0 Å². The third-order valence-electron chi connectivity index (χ3n) is 2.91. The van der Waals surface area contributed by atoms with Crippen LogP contribution in [0.4, 0.5) is 11.6 Å². The largest absolute Gasteiger partial charge is 0.369 e. The van der Waals surface area contributed by atoms with Crippen LogP contribution >= 0.6 is 15.9 Å². The van der Waals surface area contributed by atoms with E-state index in [1.807, 2.05) is 38.4 Å². The number of nitrogens with zero attached hydrogens (tertiary/aromatic N) is 4. The summed E-state index contributed by atoms with van der Waals surface area (Å²) < 4.78 is 0.894. The van der Waals surface area contributed by atoms with Crippen LogP contribution in [0.1, 0.15) is 12.6 Å². The summed E-state index contributed by atoms with van der Waals surface area (Å²) in [4.78, 5) is 15.0. The Hall–Kier alpha value is -1.69. The van der Waals surface area contributed by atoms with Crippen molar-refractivity contribution >= 4 is 27.6 Å². The first-order chi connectivity index (χ1) is 9.72. The minimum absolute atomic E-state index is 0.821. The summed E-state index contributed by atoms with van der Waals surface area (Å²) in [5.41, 5.74) is 1.08. The topological polar surface area (TPSA) is 53.9 Å². The van der Waals surface area contributed by atoms with Gasteiger partial charge in [-0.1, -0.05) is 6.07 Å². The summed E-state index contributed by atoms with van der Waals surface area (Å²) in [5, 5.41) is 3.21. The molecule has 20 heavy (non-hydrogen) atoms. The molecule has 0 aromatic carbocycles. The molecule has 2 aromatic heterocycles. The third kappa shape index (κ3) is 3.66. The van der Waals surface area contributed by atoms with Crippen molar-refractivity contribution in [1.29, 1.82) is 0 Å². The first kappa shape index (κ1) is 14.7. The molecule has 1 N–H and O–H groups in total. The van der Waals surface area contributed by atoms with Gasteiger partial charge in [-0.3, -0.25) is 4.98 Å². The molecule has 0 aliphatic carbocycles. The van der Waals surface area contributed by atoms with Crippen molar-refractivity contribution in [3.05, 3.63) is 40.9 Å². The molecule has 0 bridgehead atoms. The van der Waals surface area contributed by atoms with Crippen molar-refractivity contribution in [2.75, 3.05) is 30.4 Å². The smallest absolute Gasteiger partial charge is 0.148 e. The summed E-state index contributed by atoms with van der Waals surface area (Å²) in [5.74, 6) is 1.70. The number of halogens is 1. The Morgan fingerprint density at radius 1 is 1.25 bits per heavy atom. The number of hydrogen-bond donors (Lipinski definition) is 1. The lowest BCUT2D eigenvalue weighted by atomic mass is 10.2. The van der Waals surface area contributed by atoms with Crippen LogP contribution in [0.2, 0.25) is 0 Å². The Labute approximate surface area is 127 Å². The molecule has 0 saturated heterocycles. The zero-order valence-electron chi connectivity index (χ0n) is 11.7. The second-order valence-corrected chi connectivity index (χ2v) is 5.18. The Bertz CT molecular complexity index is 547. The van der Waals surface area contributed by atoms with E-state index in [1.165, 1.54) is 0 Å². The van der Waals surface area contributed by atoms with E-state index in [0.717, 1.165) is 41.3 Å². The van der Waals surface area contributed by atoms with Gasteiger partial charge in [0.1, 0.15) is 22.4 Å². The number of hydrogen-bond acceptors (Lipinski definition) is 5. The van der Waals surface area contributed by atoms with Crippen molar-refractivity contribution in [1.82, 2.24) is 15.0 Å². The van der Waals surface area contributed by atoms with Gasteiger partial charge in [0.2, 0.25) is 0 Å². The van der Waals surface area contributed by atoms with E-state index in [2.05, 4.69) is 41.1 Å². The number of rotatable bonds is 6. The van der Waals surface area contributed by atoms with Crippen LogP contribution in [0, 0.1) is 0 Å². The second-order valence-electron chi connectivity index (χ2n) is 4.38. The number of aromatic nitrogens is 3. The van der Waals surface area contributed by atoms with Gasteiger partial charge in [-0.2, -0.15) is 0 Å². The van der Waals surface area contributed by atoms with E-state index in [-0.39, 0.29) is 0 Å². The fourth-order valence-corrected chi connectivity index (χ4v) is 2.50. The van der Waals surface area contributed by atoms with Gasteiger partial charge in [-0.15, -0.1) is 0 Å². The summed E-state index contributed by atoms with van der Waals surface area (Å²) in [6.45, 7) is 3.71. The molecular formula is C14H18BrN5. The van der Waals surface area contributed by atoms with Crippen LogP contribution in [-0.4, -0.2) is 35.1 Å². The third-order valence-corrected chi connectivity index (χ3v) is 3.64.